The molecule has 0 amide bonds. The van der Waals surface area contributed by atoms with E-state index >= 15 is 0 Å². The highest BCUT2D eigenvalue weighted by Crippen LogP contribution is 2.20. The number of nitrogens with zero attached hydrogens (tertiary/aromatic N) is 5. The molecule has 1 aromatic carbocycles. The number of benzene rings is 1. The number of hydrogen-bond donors (Lipinski definition) is 3. The maximum absolute atomic E-state index is 10.7. The quantitative estimate of drug-likeness (QED) is 0.296. The number of hydrogen-bond acceptors (Lipinski definition) is 5. The van der Waals surface area contributed by atoms with E-state index < -0.39 is 5.60 Å². The first-order chi connectivity index (χ1) is 15.5. The summed E-state index contributed by atoms with van der Waals surface area (Å²) in [5, 5.41) is 21.5. The van der Waals surface area contributed by atoms with Crippen LogP contribution in [0.2, 0.25) is 0 Å². The third-order valence-electron chi connectivity index (χ3n) is 5.90. The molecule has 0 aliphatic carbocycles. The third kappa shape index (κ3) is 7.24. The van der Waals surface area contributed by atoms with Crippen LogP contribution in [0.3, 0.4) is 0 Å². The van der Waals surface area contributed by atoms with E-state index in [-0.39, 0.29) is 6.54 Å². The van der Waals surface area contributed by atoms with E-state index in [4.69, 9.17) is 0 Å². The molecular formula is C24H39N7O. The van der Waals surface area contributed by atoms with Gasteiger partial charge in [-0.1, -0.05) is 18.2 Å². The van der Waals surface area contributed by atoms with Crippen LogP contribution in [-0.4, -0.2) is 78.1 Å². The first-order valence-electron chi connectivity index (χ1n) is 11.7. The highest BCUT2D eigenvalue weighted by Gasteiger charge is 2.24. The predicted octanol–water partition coefficient (Wildman–Crippen LogP) is 1.79. The van der Waals surface area contributed by atoms with Crippen LogP contribution in [0.5, 0.6) is 0 Å². The summed E-state index contributed by atoms with van der Waals surface area (Å²) >= 11 is 0. The van der Waals surface area contributed by atoms with Crippen molar-refractivity contribution in [1.82, 2.24) is 25.3 Å². The fraction of sp³-hybridized carbons (Fsp3) is 0.583. The highest BCUT2D eigenvalue weighted by atomic mass is 16.3. The molecule has 32 heavy (non-hydrogen) atoms. The van der Waals surface area contributed by atoms with Gasteiger partial charge in [0, 0.05) is 63.8 Å². The first-order valence-corrected chi connectivity index (χ1v) is 11.7. The fourth-order valence-corrected chi connectivity index (χ4v) is 3.90. The molecule has 0 radical (unpaired) electrons. The van der Waals surface area contributed by atoms with Crippen molar-refractivity contribution in [3.05, 3.63) is 48.3 Å². The van der Waals surface area contributed by atoms with Crippen LogP contribution in [0.1, 0.15) is 32.3 Å². The molecule has 1 atom stereocenters. The number of rotatable bonds is 10. The Morgan fingerprint density at radius 2 is 1.88 bits per heavy atom. The zero-order chi connectivity index (χ0) is 22.8. The summed E-state index contributed by atoms with van der Waals surface area (Å²) in [4.78, 5) is 9.62. The van der Waals surface area contributed by atoms with E-state index in [0.29, 0.717) is 0 Å². The number of unbranched alkanes of at least 4 members (excludes halogenated alkanes) is 1. The van der Waals surface area contributed by atoms with Gasteiger partial charge in [0.1, 0.15) is 5.60 Å². The Morgan fingerprint density at radius 1 is 1.12 bits per heavy atom. The molecule has 0 saturated carbocycles. The van der Waals surface area contributed by atoms with Gasteiger partial charge in [0.05, 0.1) is 12.7 Å². The summed E-state index contributed by atoms with van der Waals surface area (Å²) in [7, 11) is 1.84. The summed E-state index contributed by atoms with van der Waals surface area (Å²) in [6.07, 6.45) is 5.76. The average Bonchev–Trinajstić information content (AvgIpc) is 3.25. The summed E-state index contributed by atoms with van der Waals surface area (Å²) in [6, 6.07) is 10.7. The van der Waals surface area contributed by atoms with E-state index in [9.17, 15) is 5.11 Å². The number of anilines is 1. The molecule has 2 aromatic rings. The number of nitrogens with one attached hydrogen (secondary N) is 2. The molecule has 176 valence electrons. The number of piperazine rings is 1. The molecule has 2 heterocycles. The van der Waals surface area contributed by atoms with Gasteiger partial charge in [0.2, 0.25) is 0 Å². The Morgan fingerprint density at radius 3 is 2.53 bits per heavy atom. The molecule has 3 N–H and O–H groups in total. The minimum atomic E-state index is -1.04. The molecule has 1 aliphatic rings. The van der Waals surface area contributed by atoms with E-state index in [1.165, 1.54) is 5.69 Å². The van der Waals surface area contributed by atoms with Crippen molar-refractivity contribution in [2.45, 2.75) is 32.3 Å². The first kappa shape index (κ1) is 24.1. The van der Waals surface area contributed by atoms with Gasteiger partial charge in [-0.3, -0.25) is 9.58 Å². The van der Waals surface area contributed by atoms with Crippen molar-refractivity contribution < 1.29 is 5.11 Å². The Labute approximate surface area is 192 Å². The number of aromatic nitrogens is 2. The van der Waals surface area contributed by atoms with Crippen LogP contribution in [-0.2, 0) is 12.6 Å². The van der Waals surface area contributed by atoms with E-state index in [2.05, 4.69) is 60.9 Å². The number of guanidine groups is 1. The maximum atomic E-state index is 10.7. The second kappa shape index (κ2) is 11.9. The third-order valence-corrected chi connectivity index (χ3v) is 5.90. The van der Waals surface area contributed by atoms with Crippen molar-refractivity contribution in [2.75, 3.05) is 57.3 Å². The van der Waals surface area contributed by atoms with Crippen LogP contribution in [0.4, 0.5) is 5.69 Å². The summed E-state index contributed by atoms with van der Waals surface area (Å²) in [5.74, 6) is 0.744. The minimum absolute atomic E-state index is 0.277. The van der Waals surface area contributed by atoms with Crippen LogP contribution >= 0.6 is 0 Å². The van der Waals surface area contributed by atoms with E-state index in [0.717, 1.165) is 70.2 Å². The largest absolute Gasteiger partial charge is 0.383 e. The van der Waals surface area contributed by atoms with Gasteiger partial charge in [-0.05, 0) is 45.4 Å². The molecule has 1 fully saturated rings. The zero-order valence-electron chi connectivity index (χ0n) is 19.8. The maximum Gasteiger partial charge on any atom is 0.191 e. The molecule has 8 heteroatoms. The van der Waals surface area contributed by atoms with E-state index in [1.807, 2.05) is 20.2 Å². The Balaban J connectivity index is 1.35. The Hall–Kier alpha value is -2.58. The predicted molar refractivity (Wildman–Crippen MR) is 131 cm³/mol. The van der Waals surface area contributed by atoms with Crippen LogP contribution in [0.15, 0.2) is 47.7 Å². The van der Waals surface area contributed by atoms with Gasteiger partial charge in [-0.15, -0.1) is 0 Å². The van der Waals surface area contributed by atoms with Gasteiger partial charge in [0.25, 0.3) is 0 Å². The molecule has 1 aliphatic heterocycles. The number of aryl methyl sites for hydroxylation is 1. The van der Waals surface area contributed by atoms with E-state index in [1.54, 1.807) is 17.8 Å². The van der Waals surface area contributed by atoms with Crippen molar-refractivity contribution in [3.8, 4) is 0 Å². The molecule has 0 spiro atoms. The minimum Gasteiger partial charge on any atom is -0.383 e. The summed E-state index contributed by atoms with van der Waals surface area (Å²) < 4.78 is 1.69. The monoisotopic (exact) mass is 441 g/mol. The van der Waals surface area contributed by atoms with Gasteiger partial charge >= 0.3 is 0 Å². The lowest BCUT2D eigenvalue weighted by Gasteiger charge is -2.36. The summed E-state index contributed by atoms with van der Waals surface area (Å²) in [5.41, 5.74) is 1.06. The standard InChI is InChI=1S/C24H39N7O/c1-4-25-23(27-20-24(2,32)21-18-28-29(3)19-21)26-12-8-9-13-30-14-16-31(17-15-30)22-10-6-5-7-11-22/h5-7,10-11,18-19,32H,4,8-9,12-17,20H2,1-3H3,(H2,25,26,27). The Kier molecular flexibility index (Phi) is 8.93. The average molecular weight is 442 g/mol. The highest BCUT2D eigenvalue weighted by molar-refractivity contribution is 5.79. The lowest BCUT2D eigenvalue weighted by molar-refractivity contribution is 0.0672. The van der Waals surface area contributed by atoms with Crippen LogP contribution in [0, 0.1) is 0 Å². The van der Waals surface area contributed by atoms with Crippen LogP contribution < -0.4 is 15.5 Å². The van der Waals surface area contributed by atoms with Crippen LogP contribution in [0.25, 0.3) is 0 Å². The SMILES string of the molecule is CCNC(=NCC(C)(O)c1cnn(C)c1)NCCCCN1CCN(c2ccccc2)CC1. The van der Waals surface area contributed by atoms with Gasteiger partial charge in [0.15, 0.2) is 5.96 Å². The second-order valence-electron chi connectivity index (χ2n) is 8.67. The van der Waals surface area contributed by atoms with Crippen molar-refractivity contribution in [3.63, 3.8) is 0 Å². The van der Waals surface area contributed by atoms with Crippen molar-refractivity contribution >= 4 is 11.6 Å². The van der Waals surface area contributed by atoms with Crippen molar-refractivity contribution in [2.24, 2.45) is 12.0 Å². The fourth-order valence-electron chi connectivity index (χ4n) is 3.90. The number of para-hydroxylation sites is 1. The zero-order valence-corrected chi connectivity index (χ0v) is 19.8. The lowest BCUT2D eigenvalue weighted by Crippen LogP contribution is -2.46. The van der Waals surface area contributed by atoms with Gasteiger partial charge < -0.3 is 20.6 Å². The van der Waals surface area contributed by atoms with Gasteiger partial charge in [-0.2, -0.15) is 5.10 Å². The molecule has 3 rings (SSSR count). The molecule has 1 saturated heterocycles. The normalized spacial score (nSPS) is 17.2. The molecular weight excluding hydrogens is 402 g/mol. The molecule has 0 bridgehead atoms. The van der Waals surface area contributed by atoms with Gasteiger partial charge in [-0.25, -0.2) is 4.99 Å². The van der Waals surface area contributed by atoms with Crippen molar-refractivity contribution in [1.29, 1.82) is 0 Å². The smallest absolute Gasteiger partial charge is 0.191 e. The number of aliphatic imine (C=N–C) groups is 1. The second-order valence-corrected chi connectivity index (χ2v) is 8.67. The molecule has 1 unspecified atom stereocenters. The lowest BCUT2D eigenvalue weighted by atomic mass is 10.0. The number of aliphatic hydroxyl groups is 1. The molecule has 1 aromatic heterocycles. The Bertz CT molecular complexity index is 826. The topological polar surface area (TPSA) is 80.9 Å². The molecule has 8 nitrogen and oxygen atoms in total. The summed E-state index contributed by atoms with van der Waals surface area (Å²) in [6.45, 7) is 11.3.